The number of aromatic nitrogens is 2. The molecule has 18 heavy (non-hydrogen) atoms. The molecule has 0 aromatic carbocycles. The SMILES string of the molecule is CCNC1CCC(N(C)Cc2ncccn2)CC1. The van der Waals surface area contributed by atoms with Crippen LogP contribution in [0.15, 0.2) is 18.5 Å². The quantitative estimate of drug-likeness (QED) is 0.863. The van der Waals surface area contributed by atoms with Crippen molar-refractivity contribution in [3.8, 4) is 0 Å². The van der Waals surface area contributed by atoms with Crippen LogP contribution in [0.2, 0.25) is 0 Å². The van der Waals surface area contributed by atoms with Crippen LogP contribution in [0.5, 0.6) is 0 Å². The molecular weight excluding hydrogens is 224 g/mol. The van der Waals surface area contributed by atoms with Crippen LogP contribution in [0.3, 0.4) is 0 Å². The topological polar surface area (TPSA) is 41.0 Å². The summed E-state index contributed by atoms with van der Waals surface area (Å²) in [5.74, 6) is 0.925. The first-order valence-electron chi connectivity index (χ1n) is 6.99. The highest BCUT2D eigenvalue weighted by Gasteiger charge is 2.23. The lowest BCUT2D eigenvalue weighted by atomic mass is 9.90. The fraction of sp³-hybridized carbons (Fsp3) is 0.714. The fourth-order valence-corrected chi connectivity index (χ4v) is 2.77. The van der Waals surface area contributed by atoms with E-state index in [9.17, 15) is 0 Å². The van der Waals surface area contributed by atoms with E-state index in [2.05, 4.69) is 34.2 Å². The van der Waals surface area contributed by atoms with Crippen molar-refractivity contribution < 1.29 is 0 Å². The van der Waals surface area contributed by atoms with E-state index >= 15 is 0 Å². The maximum absolute atomic E-state index is 4.29. The summed E-state index contributed by atoms with van der Waals surface area (Å²) < 4.78 is 0. The van der Waals surface area contributed by atoms with Gasteiger partial charge in [-0.05, 0) is 45.3 Å². The van der Waals surface area contributed by atoms with E-state index in [4.69, 9.17) is 0 Å². The Kier molecular flexibility index (Phi) is 5.08. The minimum Gasteiger partial charge on any atom is -0.314 e. The maximum Gasteiger partial charge on any atom is 0.142 e. The molecule has 0 unspecified atom stereocenters. The Morgan fingerprint density at radius 2 is 1.89 bits per heavy atom. The molecule has 1 heterocycles. The predicted molar refractivity (Wildman–Crippen MR) is 73.2 cm³/mol. The molecule has 1 saturated carbocycles. The van der Waals surface area contributed by atoms with Crippen molar-refractivity contribution in [2.45, 2.75) is 51.2 Å². The van der Waals surface area contributed by atoms with Crippen molar-refractivity contribution >= 4 is 0 Å². The summed E-state index contributed by atoms with van der Waals surface area (Å²) in [7, 11) is 2.19. The summed E-state index contributed by atoms with van der Waals surface area (Å²) in [5.41, 5.74) is 0. The van der Waals surface area contributed by atoms with Gasteiger partial charge in [0.25, 0.3) is 0 Å². The van der Waals surface area contributed by atoms with Crippen LogP contribution < -0.4 is 5.32 Å². The fourth-order valence-electron chi connectivity index (χ4n) is 2.77. The van der Waals surface area contributed by atoms with Crippen LogP contribution in [-0.2, 0) is 6.54 Å². The molecule has 0 radical (unpaired) electrons. The predicted octanol–water partition coefficient (Wildman–Crippen LogP) is 1.83. The zero-order valence-electron chi connectivity index (χ0n) is 11.5. The summed E-state index contributed by atoms with van der Waals surface area (Å²) >= 11 is 0. The lowest BCUT2D eigenvalue weighted by Crippen LogP contribution is -2.40. The highest BCUT2D eigenvalue weighted by Crippen LogP contribution is 2.22. The maximum atomic E-state index is 4.29. The van der Waals surface area contributed by atoms with Gasteiger partial charge in [-0.3, -0.25) is 4.90 Å². The van der Waals surface area contributed by atoms with Gasteiger partial charge in [0.05, 0.1) is 6.54 Å². The molecular formula is C14H24N4. The Hall–Kier alpha value is -1.00. The first kappa shape index (κ1) is 13.4. The monoisotopic (exact) mass is 248 g/mol. The zero-order valence-corrected chi connectivity index (χ0v) is 11.5. The molecule has 0 amide bonds. The van der Waals surface area contributed by atoms with Gasteiger partial charge in [0.1, 0.15) is 5.82 Å². The van der Waals surface area contributed by atoms with E-state index in [-0.39, 0.29) is 0 Å². The standard InChI is InChI=1S/C14H24N4/c1-3-15-12-5-7-13(8-6-12)18(2)11-14-16-9-4-10-17-14/h4,9-10,12-13,15H,3,5-8,11H2,1-2H3. The summed E-state index contributed by atoms with van der Waals surface area (Å²) in [6, 6.07) is 3.28. The van der Waals surface area contributed by atoms with Gasteiger partial charge in [-0.2, -0.15) is 0 Å². The summed E-state index contributed by atoms with van der Waals surface area (Å²) in [5, 5.41) is 3.55. The number of nitrogens with one attached hydrogen (secondary N) is 1. The van der Waals surface area contributed by atoms with E-state index in [0.29, 0.717) is 6.04 Å². The zero-order chi connectivity index (χ0) is 12.8. The Morgan fingerprint density at radius 3 is 2.50 bits per heavy atom. The van der Waals surface area contributed by atoms with E-state index in [0.717, 1.165) is 25.0 Å². The third-order valence-corrected chi connectivity index (χ3v) is 3.82. The Labute approximate surface area is 110 Å². The van der Waals surface area contributed by atoms with Crippen molar-refractivity contribution in [1.29, 1.82) is 0 Å². The van der Waals surface area contributed by atoms with Gasteiger partial charge >= 0.3 is 0 Å². The van der Waals surface area contributed by atoms with Gasteiger partial charge < -0.3 is 5.32 Å². The summed E-state index contributed by atoms with van der Waals surface area (Å²) in [4.78, 5) is 11.0. The van der Waals surface area contributed by atoms with E-state index in [1.54, 1.807) is 0 Å². The van der Waals surface area contributed by atoms with E-state index < -0.39 is 0 Å². The molecule has 1 aromatic heterocycles. The Balaban J connectivity index is 1.79. The van der Waals surface area contributed by atoms with E-state index in [1.807, 2.05) is 18.5 Å². The van der Waals surface area contributed by atoms with Crippen LogP contribution in [-0.4, -0.2) is 40.5 Å². The van der Waals surface area contributed by atoms with E-state index in [1.165, 1.54) is 25.7 Å². The molecule has 100 valence electrons. The second-order valence-corrected chi connectivity index (χ2v) is 5.14. The van der Waals surface area contributed by atoms with Gasteiger partial charge in [-0.15, -0.1) is 0 Å². The second-order valence-electron chi connectivity index (χ2n) is 5.14. The summed E-state index contributed by atoms with van der Waals surface area (Å²) in [6.07, 6.45) is 8.77. The van der Waals surface area contributed by atoms with Gasteiger partial charge in [-0.25, -0.2) is 9.97 Å². The third-order valence-electron chi connectivity index (χ3n) is 3.82. The highest BCUT2D eigenvalue weighted by atomic mass is 15.1. The van der Waals surface area contributed by atoms with Crippen molar-refractivity contribution in [2.75, 3.05) is 13.6 Å². The average molecular weight is 248 g/mol. The Bertz CT molecular complexity index is 333. The Morgan fingerprint density at radius 1 is 1.22 bits per heavy atom. The molecule has 4 nitrogen and oxygen atoms in total. The number of hydrogen-bond acceptors (Lipinski definition) is 4. The molecule has 2 rings (SSSR count). The molecule has 0 aliphatic heterocycles. The smallest absolute Gasteiger partial charge is 0.142 e. The van der Waals surface area contributed by atoms with Gasteiger partial charge in [0.15, 0.2) is 0 Å². The molecule has 0 spiro atoms. The lowest BCUT2D eigenvalue weighted by molar-refractivity contribution is 0.165. The van der Waals surface area contributed by atoms with Crippen LogP contribution in [0.1, 0.15) is 38.4 Å². The van der Waals surface area contributed by atoms with Crippen molar-refractivity contribution in [2.24, 2.45) is 0 Å². The molecule has 1 aliphatic rings. The van der Waals surface area contributed by atoms with Crippen LogP contribution in [0.4, 0.5) is 0 Å². The summed E-state index contributed by atoms with van der Waals surface area (Å²) in [6.45, 7) is 4.13. The molecule has 0 saturated heterocycles. The molecule has 4 heteroatoms. The average Bonchev–Trinajstić information content (AvgIpc) is 2.41. The normalized spacial score (nSPS) is 24.4. The minimum absolute atomic E-state index is 0.684. The van der Waals surface area contributed by atoms with Crippen molar-refractivity contribution in [1.82, 2.24) is 20.2 Å². The molecule has 1 fully saturated rings. The van der Waals surface area contributed by atoms with Crippen molar-refractivity contribution in [3.63, 3.8) is 0 Å². The lowest BCUT2D eigenvalue weighted by Gasteiger charge is -2.34. The number of nitrogens with zero attached hydrogens (tertiary/aromatic N) is 3. The molecule has 1 aliphatic carbocycles. The van der Waals surface area contributed by atoms with Gasteiger partial charge in [-0.1, -0.05) is 6.92 Å². The minimum atomic E-state index is 0.684. The number of rotatable bonds is 5. The first-order chi connectivity index (χ1) is 8.79. The van der Waals surface area contributed by atoms with Crippen LogP contribution in [0, 0.1) is 0 Å². The third kappa shape index (κ3) is 3.75. The molecule has 0 atom stereocenters. The first-order valence-corrected chi connectivity index (χ1v) is 6.99. The largest absolute Gasteiger partial charge is 0.314 e. The van der Waals surface area contributed by atoms with Crippen molar-refractivity contribution in [3.05, 3.63) is 24.3 Å². The molecule has 0 bridgehead atoms. The number of hydrogen-bond donors (Lipinski definition) is 1. The van der Waals surface area contributed by atoms with Crippen LogP contribution >= 0.6 is 0 Å². The van der Waals surface area contributed by atoms with Gasteiger partial charge in [0.2, 0.25) is 0 Å². The van der Waals surface area contributed by atoms with Gasteiger partial charge in [0, 0.05) is 24.5 Å². The second kappa shape index (κ2) is 6.81. The molecule has 1 N–H and O–H groups in total. The highest BCUT2D eigenvalue weighted by molar-refractivity contribution is 4.90. The van der Waals surface area contributed by atoms with Crippen LogP contribution in [0.25, 0.3) is 0 Å². The molecule has 1 aromatic rings.